The van der Waals surface area contributed by atoms with Crippen LogP contribution < -0.4 is 5.32 Å². The molecule has 2 aliphatic rings. The number of nitrogens with zero attached hydrogens (tertiary/aromatic N) is 2. The minimum atomic E-state index is -4.36. The van der Waals surface area contributed by atoms with Crippen molar-refractivity contribution in [3.8, 4) is 0 Å². The molecule has 0 radical (unpaired) electrons. The second kappa shape index (κ2) is 13.4. The molecule has 1 N–H and O–H groups in total. The van der Waals surface area contributed by atoms with Crippen LogP contribution in [-0.2, 0) is 25.4 Å². The lowest BCUT2D eigenvalue weighted by atomic mass is 9.90. The van der Waals surface area contributed by atoms with E-state index in [9.17, 15) is 31.1 Å². The highest BCUT2D eigenvalue weighted by Gasteiger charge is 2.31. The summed E-state index contributed by atoms with van der Waals surface area (Å²) in [6, 6.07) is 16.3. The zero-order valence-corrected chi connectivity index (χ0v) is 25.4. The lowest BCUT2D eigenvalue weighted by Crippen LogP contribution is -2.44. The fourth-order valence-corrected chi connectivity index (χ4v) is 6.07. The SMILES string of the molecule is CC1=C(c2cc(C(=O)NC3CCN(Cc4ccc(C(F)(F)F)cc4)CC3)ccc2C)CN(Cc2ccc(C(F)(F)F)cc2)CC1. The van der Waals surface area contributed by atoms with Crippen molar-refractivity contribution in [2.45, 2.75) is 64.6 Å². The molecule has 0 aliphatic carbocycles. The van der Waals surface area contributed by atoms with E-state index in [2.05, 4.69) is 22.0 Å². The maximum atomic E-state index is 13.3. The topological polar surface area (TPSA) is 35.6 Å². The van der Waals surface area contributed by atoms with Gasteiger partial charge in [0, 0.05) is 50.9 Å². The van der Waals surface area contributed by atoms with Crippen LogP contribution in [0.4, 0.5) is 26.3 Å². The van der Waals surface area contributed by atoms with Gasteiger partial charge >= 0.3 is 12.4 Å². The van der Waals surface area contributed by atoms with Gasteiger partial charge in [-0.15, -0.1) is 0 Å². The lowest BCUT2D eigenvalue weighted by molar-refractivity contribution is -0.138. The maximum Gasteiger partial charge on any atom is 0.416 e. The Hall–Kier alpha value is -3.63. The molecule has 2 aliphatic heterocycles. The number of halogens is 6. The fourth-order valence-electron chi connectivity index (χ4n) is 6.07. The Bertz CT molecular complexity index is 1520. The number of rotatable bonds is 7. The standard InChI is InChI=1S/C35H37F6N3O/c1-23-3-8-27(33(45)42-30-14-17-43(18-15-30)20-25-4-9-28(10-5-25)34(36,37)38)19-31(23)32-22-44(16-13-24(32)2)21-26-6-11-29(12-7-26)35(39,40)41/h3-12,19,30H,13-18,20-22H2,1-2H3,(H,42,45). The number of hydrogen-bond acceptors (Lipinski definition) is 3. The summed E-state index contributed by atoms with van der Waals surface area (Å²) in [6.07, 6.45) is -6.39. The van der Waals surface area contributed by atoms with Crippen LogP contribution in [0.3, 0.4) is 0 Å². The quantitative estimate of drug-likeness (QED) is 0.268. The molecule has 0 bridgehead atoms. The minimum Gasteiger partial charge on any atom is -0.349 e. The number of piperidine rings is 1. The minimum absolute atomic E-state index is 0.000895. The average molecular weight is 630 g/mol. The Morgan fingerprint density at radius 1 is 0.756 bits per heavy atom. The summed E-state index contributed by atoms with van der Waals surface area (Å²) in [7, 11) is 0. The molecule has 0 saturated carbocycles. The molecule has 3 aromatic carbocycles. The number of benzene rings is 3. The van der Waals surface area contributed by atoms with Crippen molar-refractivity contribution in [3.05, 3.63) is 111 Å². The predicted molar refractivity (Wildman–Crippen MR) is 162 cm³/mol. The summed E-state index contributed by atoms with van der Waals surface area (Å²) >= 11 is 0. The van der Waals surface area contributed by atoms with Gasteiger partial charge in [0.25, 0.3) is 5.91 Å². The number of carbonyl (C=O) groups excluding carboxylic acids is 1. The molecular formula is C35H37F6N3O. The van der Waals surface area contributed by atoms with E-state index in [4.69, 9.17) is 0 Å². The lowest BCUT2D eigenvalue weighted by Gasteiger charge is -2.32. The van der Waals surface area contributed by atoms with Crippen molar-refractivity contribution >= 4 is 11.5 Å². The van der Waals surface area contributed by atoms with E-state index in [0.29, 0.717) is 25.2 Å². The van der Waals surface area contributed by atoms with Crippen LogP contribution in [0.15, 0.2) is 72.3 Å². The zero-order chi connectivity index (χ0) is 32.4. The van der Waals surface area contributed by atoms with Crippen LogP contribution >= 0.6 is 0 Å². The molecule has 0 aromatic heterocycles. The highest BCUT2D eigenvalue weighted by Crippen LogP contribution is 2.32. The van der Waals surface area contributed by atoms with E-state index in [0.717, 1.165) is 91.0 Å². The van der Waals surface area contributed by atoms with Gasteiger partial charge in [-0.3, -0.25) is 14.6 Å². The van der Waals surface area contributed by atoms with Gasteiger partial charge in [-0.05, 0) is 97.3 Å². The molecule has 3 aromatic rings. The van der Waals surface area contributed by atoms with E-state index in [1.807, 2.05) is 25.1 Å². The van der Waals surface area contributed by atoms with Crippen molar-refractivity contribution in [2.75, 3.05) is 26.2 Å². The first-order valence-corrected chi connectivity index (χ1v) is 15.1. The van der Waals surface area contributed by atoms with Crippen LogP contribution in [0.25, 0.3) is 5.57 Å². The van der Waals surface area contributed by atoms with Crippen LogP contribution in [0, 0.1) is 6.92 Å². The number of amides is 1. The normalized spacial score (nSPS) is 17.5. The molecule has 10 heteroatoms. The largest absolute Gasteiger partial charge is 0.416 e. The second-order valence-corrected chi connectivity index (χ2v) is 12.2. The molecule has 240 valence electrons. The van der Waals surface area contributed by atoms with Crippen LogP contribution in [0.1, 0.15) is 69.9 Å². The van der Waals surface area contributed by atoms with Crippen molar-refractivity contribution < 1.29 is 31.1 Å². The van der Waals surface area contributed by atoms with Crippen molar-refractivity contribution in [1.29, 1.82) is 0 Å². The fraction of sp³-hybridized carbons (Fsp3) is 0.400. The van der Waals surface area contributed by atoms with Crippen LogP contribution in [-0.4, -0.2) is 47.9 Å². The molecule has 5 rings (SSSR count). The van der Waals surface area contributed by atoms with Gasteiger partial charge in [-0.25, -0.2) is 0 Å². The third-order valence-electron chi connectivity index (χ3n) is 8.82. The van der Waals surface area contributed by atoms with E-state index < -0.39 is 23.5 Å². The molecule has 0 spiro atoms. The Morgan fingerprint density at radius 3 is 1.82 bits per heavy atom. The number of carbonyl (C=O) groups is 1. The van der Waals surface area contributed by atoms with Gasteiger partial charge in [0.1, 0.15) is 0 Å². The molecule has 2 heterocycles. The van der Waals surface area contributed by atoms with Gasteiger partial charge in [0.2, 0.25) is 0 Å². The second-order valence-electron chi connectivity index (χ2n) is 12.2. The zero-order valence-electron chi connectivity index (χ0n) is 25.4. The number of nitrogens with one attached hydrogen (secondary N) is 1. The summed E-state index contributed by atoms with van der Waals surface area (Å²) in [5, 5.41) is 3.16. The van der Waals surface area contributed by atoms with E-state index in [1.165, 1.54) is 29.8 Å². The molecule has 0 atom stereocenters. The number of alkyl halides is 6. The Labute approximate surface area is 259 Å². The molecule has 45 heavy (non-hydrogen) atoms. The van der Waals surface area contributed by atoms with Gasteiger partial charge in [-0.2, -0.15) is 26.3 Å². The molecule has 0 unspecified atom stereocenters. The third kappa shape index (κ3) is 8.35. The Kier molecular flexibility index (Phi) is 9.74. The first-order chi connectivity index (χ1) is 21.3. The average Bonchev–Trinajstić information content (AvgIpc) is 2.99. The van der Waals surface area contributed by atoms with Gasteiger partial charge in [-0.1, -0.05) is 35.9 Å². The summed E-state index contributed by atoms with van der Waals surface area (Å²) in [6.45, 7) is 8.09. The smallest absolute Gasteiger partial charge is 0.349 e. The summed E-state index contributed by atoms with van der Waals surface area (Å²) in [4.78, 5) is 17.7. The predicted octanol–water partition coefficient (Wildman–Crippen LogP) is 8.11. The monoisotopic (exact) mass is 629 g/mol. The first-order valence-electron chi connectivity index (χ1n) is 15.1. The molecular weight excluding hydrogens is 592 g/mol. The maximum absolute atomic E-state index is 13.3. The van der Waals surface area contributed by atoms with Crippen molar-refractivity contribution in [3.63, 3.8) is 0 Å². The molecule has 1 amide bonds. The summed E-state index contributed by atoms with van der Waals surface area (Å²) < 4.78 is 77.5. The molecule has 1 fully saturated rings. The van der Waals surface area contributed by atoms with Gasteiger partial charge in [0.05, 0.1) is 11.1 Å². The van der Waals surface area contributed by atoms with Crippen LogP contribution in [0.2, 0.25) is 0 Å². The van der Waals surface area contributed by atoms with E-state index in [1.54, 1.807) is 0 Å². The summed E-state index contributed by atoms with van der Waals surface area (Å²) in [5.74, 6) is -0.145. The van der Waals surface area contributed by atoms with Crippen LogP contribution in [0.5, 0.6) is 0 Å². The van der Waals surface area contributed by atoms with Gasteiger partial charge < -0.3 is 5.32 Å². The number of aryl methyl sites for hydroxylation is 1. The third-order valence-corrected chi connectivity index (χ3v) is 8.82. The highest BCUT2D eigenvalue weighted by atomic mass is 19.4. The van der Waals surface area contributed by atoms with Crippen molar-refractivity contribution in [1.82, 2.24) is 15.1 Å². The Balaban J connectivity index is 1.17. The number of likely N-dealkylation sites (tertiary alicyclic amines) is 1. The van der Waals surface area contributed by atoms with Crippen molar-refractivity contribution in [2.24, 2.45) is 0 Å². The van der Waals surface area contributed by atoms with Gasteiger partial charge in [0.15, 0.2) is 0 Å². The number of hydrogen-bond donors (Lipinski definition) is 1. The van der Waals surface area contributed by atoms with E-state index in [-0.39, 0.29) is 11.9 Å². The summed E-state index contributed by atoms with van der Waals surface area (Å²) in [5.41, 5.74) is 5.32. The highest BCUT2D eigenvalue weighted by molar-refractivity contribution is 5.95. The first kappa shape index (κ1) is 32.8. The molecule has 4 nitrogen and oxygen atoms in total. The Morgan fingerprint density at radius 2 is 1.29 bits per heavy atom. The molecule has 1 saturated heterocycles. The van der Waals surface area contributed by atoms with E-state index >= 15 is 0 Å².